The largest absolute Gasteiger partial charge is 0.481 e. The standard InChI is InChI=1S/C40H70BN5O14.C4H8FNOS2/c41-39(54)31(17-19-33(42)47)45-37(51)30-60-28-26-58-24-22-44-36(50)29-59-27-25-57-23-21-43-34(48)20-18-32(40(55)56)46-35(49)15-13-11-9-7-5-3-1-2-4-6-8-10-12-14-16-38(52)53;1-9-2-3(6-8)4(5)7/h31-32H,1-30H2,(H2,42,47)(H,43,48)(H,44,50)(H,45,51)(H,46,49)(H,52,53)(H,55,56);3,6,8H,2H2,1H3/t31?,32-;/m0./s1. The summed E-state index contributed by atoms with van der Waals surface area (Å²) in [4.78, 5) is 103. The first-order valence-corrected chi connectivity index (χ1v) is 25.4. The van der Waals surface area contributed by atoms with Crippen molar-refractivity contribution in [3.8, 4) is 0 Å². The molecule has 0 spiro atoms. The Bertz CT molecular complexity index is 1460. The van der Waals surface area contributed by atoms with E-state index >= 15 is 0 Å². The number of nitrogens with two attached hydrogens (primary N) is 1. The van der Waals surface area contributed by atoms with Gasteiger partial charge in [0.15, 0.2) is 7.85 Å². The van der Waals surface area contributed by atoms with Crippen molar-refractivity contribution in [2.75, 3.05) is 78.0 Å². The number of thiol groups is 1. The number of carbonyl (C=O) groups excluding carboxylic acids is 7. The number of thioether (sulfide) groups is 1. The van der Waals surface area contributed by atoms with E-state index in [0.29, 0.717) is 12.2 Å². The Hall–Kier alpha value is -3.88. The molecule has 0 aliphatic heterocycles. The fourth-order valence-corrected chi connectivity index (χ4v) is 6.91. The fraction of sp³-hybridized carbons (Fsp3) is 0.795. The van der Waals surface area contributed by atoms with Gasteiger partial charge >= 0.3 is 18.0 Å². The molecule has 396 valence electrons. The van der Waals surface area contributed by atoms with Crippen molar-refractivity contribution in [2.45, 2.75) is 147 Å². The molecular weight excluding hydrogens is 946 g/mol. The second-order valence-electron chi connectivity index (χ2n) is 15.8. The van der Waals surface area contributed by atoms with Crippen LogP contribution in [-0.4, -0.2) is 167 Å². The van der Waals surface area contributed by atoms with Crippen molar-refractivity contribution in [3.05, 3.63) is 0 Å². The van der Waals surface area contributed by atoms with Gasteiger partial charge in [0.1, 0.15) is 25.3 Å². The highest BCUT2D eigenvalue weighted by Gasteiger charge is 2.21. The van der Waals surface area contributed by atoms with Gasteiger partial charge in [0.25, 0.3) is 0 Å². The zero-order chi connectivity index (χ0) is 51.9. The summed E-state index contributed by atoms with van der Waals surface area (Å²) in [6.07, 6.45) is 17.0. The Labute approximate surface area is 417 Å². The number of hydrogen-bond acceptors (Lipinski definition) is 16. The van der Waals surface area contributed by atoms with Crippen LogP contribution in [-0.2, 0) is 62.1 Å². The Balaban J connectivity index is 0. The number of aliphatic carboxylic acids is 2. The van der Waals surface area contributed by atoms with Crippen molar-refractivity contribution in [2.24, 2.45) is 5.73 Å². The van der Waals surface area contributed by atoms with Gasteiger partial charge in [-0.3, -0.25) is 38.3 Å². The normalized spacial score (nSPS) is 12.1. The topological polar surface area (TPSA) is 317 Å². The molecule has 0 aromatic carbocycles. The minimum atomic E-state index is -1.36. The number of ether oxygens (including phenoxy) is 4. The third kappa shape index (κ3) is 47.6. The van der Waals surface area contributed by atoms with Crippen LogP contribution in [0.1, 0.15) is 128 Å². The van der Waals surface area contributed by atoms with Crippen LogP contribution in [0.3, 0.4) is 0 Å². The van der Waals surface area contributed by atoms with E-state index < -0.39 is 53.6 Å². The number of carboxylic acids is 2. The number of halogens is 1. The Morgan fingerprint density at radius 1 is 0.565 bits per heavy atom. The molecule has 69 heavy (non-hydrogen) atoms. The number of rotatable bonds is 47. The van der Waals surface area contributed by atoms with Crippen molar-refractivity contribution in [1.29, 1.82) is 0 Å². The molecule has 0 aromatic rings. The molecule has 9 N–H and O–H groups in total. The molecule has 0 bridgehead atoms. The van der Waals surface area contributed by atoms with Gasteiger partial charge in [-0.2, -0.15) is 16.2 Å². The van der Waals surface area contributed by atoms with Crippen LogP contribution >= 0.6 is 24.6 Å². The van der Waals surface area contributed by atoms with E-state index in [4.69, 9.17) is 37.6 Å². The summed E-state index contributed by atoms with van der Waals surface area (Å²) in [5.74, 6) is -3.79. The third-order valence-corrected chi connectivity index (χ3v) is 10.8. The zero-order valence-electron chi connectivity index (χ0n) is 40.2. The Morgan fingerprint density at radius 3 is 1.42 bits per heavy atom. The quantitative estimate of drug-likeness (QED) is 0.0182. The van der Waals surface area contributed by atoms with Crippen molar-refractivity contribution < 1.29 is 76.7 Å². The maximum absolute atomic E-state index is 12.3. The van der Waals surface area contributed by atoms with Crippen molar-refractivity contribution in [3.63, 3.8) is 0 Å². The van der Waals surface area contributed by atoms with Crippen LogP contribution in [0.25, 0.3) is 0 Å². The monoisotopic (exact) mass is 1020 g/mol. The highest BCUT2D eigenvalue weighted by molar-refractivity contribution is 7.98. The predicted octanol–water partition coefficient (Wildman–Crippen LogP) is 2.05. The number of hydrogen-bond donors (Lipinski definition) is 9. The number of carbonyl (C=O) groups is 9. The average Bonchev–Trinajstić information content (AvgIpc) is 3.29. The molecule has 0 heterocycles. The first kappa shape index (κ1) is 67.2. The molecule has 2 unspecified atom stereocenters. The second-order valence-corrected chi connectivity index (χ2v) is 17.0. The van der Waals surface area contributed by atoms with Crippen LogP contribution in [0.4, 0.5) is 4.39 Å². The van der Waals surface area contributed by atoms with Gasteiger partial charge in [-0.05, 0) is 31.9 Å². The Kier molecular flexibility index (Phi) is 46.5. The molecule has 0 saturated heterocycles. The summed E-state index contributed by atoms with van der Waals surface area (Å²) >= 11 is 4.96. The van der Waals surface area contributed by atoms with Crippen LogP contribution in [0, 0.1) is 0 Å². The predicted molar refractivity (Wildman–Crippen MR) is 261 cm³/mol. The molecule has 2 radical (unpaired) electrons. The summed E-state index contributed by atoms with van der Waals surface area (Å²) in [5, 5.41) is 28.3. The molecule has 0 aliphatic carbocycles. The van der Waals surface area contributed by atoms with Gasteiger partial charge in [-0.1, -0.05) is 89.9 Å². The molecule has 0 aromatic heterocycles. The summed E-state index contributed by atoms with van der Waals surface area (Å²) in [6.45, 7) is 0.754. The van der Waals surface area contributed by atoms with Gasteiger partial charge in [-0.15, -0.1) is 0 Å². The van der Waals surface area contributed by atoms with E-state index in [9.17, 15) is 52.6 Å². The minimum absolute atomic E-state index is 0.00865. The highest BCUT2D eigenvalue weighted by Crippen LogP contribution is 2.14. The van der Waals surface area contributed by atoms with E-state index in [-0.39, 0.29) is 122 Å². The van der Waals surface area contributed by atoms with E-state index in [1.54, 1.807) is 6.26 Å². The third-order valence-electron chi connectivity index (χ3n) is 9.81. The zero-order valence-corrected chi connectivity index (χ0v) is 42.0. The summed E-state index contributed by atoms with van der Waals surface area (Å²) in [5.41, 5.74) is 4.24. The highest BCUT2D eigenvalue weighted by atomic mass is 32.2. The number of nitrogens with one attached hydrogen (secondary N) is 5. The summed E-state index contributed by atoms with van der Waals surface area (Å²) in [6, 6.07) is -4.31. The van der Waals surface area contributed by atoms with Crippen molar-refractivity contribution in [1.82, 2.24) is 26.0 Å². The van der Waals surface area contributed by atoms with Crippen LogP contribution in [0.15, 0.2) is 0 Å². The summed E-state index contributed by atoms with van der Waals surface area (Å²) in [7, 11) is 5.20. The lowest BCUT2D eigenvalue weighted by atomic mass is 9.92. The fourth-order valence-electron chi connectivity index (χ4n) is 6.04. The summed E-state index contributed by atoms with van der Waals surface area (Å²) < 4.78 is 35.1. The molecular formula is C44H78BFN6O15S2. The van der Waals surface area contributed by atoms with Gasteiger partial charge in [0.05, 0.1) is 51.4 Å². The number of primary amides is 1. The molecule has 0 aliphatic rings. The second kappa shape index (κ2) is 47.8. The lowest BCUT2D eigenvalue weighted by Gasteiger charge is -2.15. The molecule has 5 amide bonds. The van der Waals surface area contributed by atoms with E-state index in [1.165, 1.54) is 50.3 Å². The smallest absolute Gasteiger partial charge is 0.326 e. The lowest BCUT2D eigenvalue weighted by Crippen LogP contribution is -2.43. The van der Waals surface area contributed by atoms with Gasteiger partial charge in [0, 0.05) is 44.5 Å². The van der Waals surface area contributed by atoms with Crippen molar-refractivity contribution >= 4 is 85.6 Å². The first-order chi connectivity index (χ1) is 33.0. The number of amides is 5. The van der Waals surface area contributed by atoms with Gasteiger partial charge in [0.2, 0.25) is 29.5 Å². The molecule has 21 nitrogen and oxygen atoms in total. The van der Waals surface area contributed by atoms with Gasteiger partial charge < -0.3 is 61.0 Å². The molecule has 25 heteroatoms. The SMILES string of the molecule is CSCC(NS)C(=O)F.[B]C(=O)C(CCC(N)=O)NC(=O)COCCOCCNC(=O)COCCOCCNC(=O)CC[C@H](NC(=O)CCCCCCCCCCCCCCCCC(=O)O)C(=O)O. The van der Waals surface area contributed by atoms with Crippen LogP contribution in [0.2, 0.25) is 0 Å². The number of unbranched alkanes of at least 4 members (excludes halogenated alkanes) is 13. The van der Waals surface area contributed by atoms with E-state index in [1.807, 2.05) is 0 Å². The minimum Gasteiger partial charge on any atom is -0.481 e. The van der Waals surface area contributed by atoms with Crippen LogP contribution < -0.4 is 31.7 Å². The molecule has 0 rings (SSSR count). The van der Waals surface area contributed by atoms with E-state index in [0.717, 1.165) is 44.9 Å². The molecule has 3 atom stereocenters. The Morgan fingerprint density at radius 2 is 1.00 bits per heavy atom. The maximum Gasteiger partial charge on any atom is 0.326 e. The molecule has 0 fully saturated rings. The first-order valence-electron chi connectivity index (χ1n) is 23.6. The lowest BCUT2D eigenvalue weighted by molar-refractivity contribution is -0.142. The van der Waals surface area contributed by atoms with Gasteiger partial charge in [-0.25, -0.2) is 4.79 Å². The average molecular weight is 1030 g/mol. The van der Waals surface area contributed by atoms with Crippen LogP contribution in [0.5, 0.6) is 0 Å². The maximum atomic E-state index is 12.3. The van der Waals surface area contributed by atoms with E-state index in [2.05, 4.69) is 38.8 Å². The number of carboxylic acid groups (broad SMARTS) is 2. The molecule has 0 saturated carbocycles.